The van der Waals surface area contributed by atoms with Crippen molar-refractivity contribution in [2.45, 2.75) is 6.92 Å². The summed E-state index contributed by atoms with van der Waals surface area (Å²) in [5.41, 5.74) is 4.16. The first-order valence-electron chi connectivity index (χ1n) is 9.68. The Kier molecular flexibility index (Phi) is 4.60. The minimum atomic E-state index is -1.00. The zero-order valence-corrected chi connectivity index (χ0v) is 17.3. The fourth-order valence-corrected chi connectivity index (χ4v) is 3.91. The number of nitrogens with zero attached hydrogens (tertiary/aromatic N) is 1. The molecule has 0 spiro atoms. The standard InChI is InChI=1S/C25H17ClN2O3/c1-14-6-9-18(11-19(14)24(29)30)31-25-27-22-12-20(21(26)13-23(22)28-25)17-8-7-15-4-2-3-5-16(15)10-17/h2-13H,1H3,(H,27,28)(H,29,30). The fourth-order valence-electron chi connectivity index (χ4n) is 3.64. The number of carboxylic acid groups (broad SMARTS) is 1. The van der Waals surface area contributed by atoms with E-state index in [9.17, 15) is 9.90 Å². The molecule has 0 saturated heterocycles. The molecule has 1 aromatic heterocycles. The average Bonchev–Trinajstić information content (AvgIpc) is 3.15. The highest BCUT2D eigenvalue weighted by molar-refractivity contribution is 6.34. The van der Waals surface area contributed by atoms with Crippen LogP contribution in [0.5, 0.6) is 11.8 Å². The van der Waals surface area contributed by atoms with Crippen LogP contribution in [-0.2, 0) is 0 Å². The van der Waals surface area contributed by atoms with E-state index in [0.717, 1.165) is 27.4 Å². The maximum atomic E-state index is 11.4. The number of carbonyl (C=O) groups is 1. The van der Waals surface area contributed by atoms with Gasteiger partial charge in [0, 0.05) is 5.56 Å². The van der Waals surface area contributed by atoms with Crippen LogP contribution in [-0.4, -0.2) is 21.0 Å². The molecule has 6 heteroatoms. The van der Waals surface area contributed by atoms with Gasteiger partial charge in [-0.25, -0.2) is 4.79 Å². The summed E-state index contributed by atoms with van der Waals surface area (Å²) in [6.45, 7) is 1.74. The molecule has 0 atom stereocenters. The molecule has 4 aromatic carbocycles. The first-order valence-corrected chi connectivity index (χ1v) is 10.1. The van der Waals surface area contributed by atoms with E-state index in [1.165, 1.54) is 6.07 Å². The molecule has 0 bridgehead atoms. The van der Waals surface area contributed by atoms with Crippen molar-refractivity contribution in [3.63, 3.8) is 0 Å². The minimum absolute atomic E-state index is 0.190. The van der Waals surface area contributed by atoms with Crippen molar-refractivity contribution in [2.75, 3.05) is 0 Å². The molecule has 0 aliphatic rings. The number of nitrogens with one attached hydrogen (secondary N) is 1. The van der Waals surface area contributed by atoms with E-state index in [1.54, 1.807) is 19.1 Å². The van der Waals surface area contributed by atoms with Crippen LogP contribution < -0.4 is 4.74 Å². The van der Waals surface area contributed by atoms with Gasteiger partial charge in [0.15, 0.2) is 0 Å². The van der Waals surface area contributed by atoms with E-state index in [0.29, 0.717) is 21.9 Å². The van der Waals surface area contributed by atoms with Gasteiger partial charge in [-0.2, -0.15) is 4.98 Å². The Morgan fingerprint density at radius 3 is 2.61 bits per heavy atom. The Morgan fingerprint density at radius 1 is 1.00 bits per heavy atom. The summed E-state index contributed by atoms with van der Waals surface area (Å²) in [4.78, 5) is 19.0. The molecule has 152 valence electrons. The normalized spacial score (nSPS) is 11.2. The maximum Gasteiger partial charge on any atom is 0.336 e. The predicted octanol–water partition coefficient (Wildman–Crippen LogP) is 6.84. The molecule has 0 fully saturated rings. The lowest BCUT2D eigenvalue weighted by molar-refractivity contribution is 0.0695. The number of halogens is 1. The van der Waals surface area contributed by atoms with Gasteiger partial charge in [0.1, 0.15) is 5.75 Å². The molecule has 1 heterocycles. The second-order valence-corrected chi connectivity index (χ2v) is 7.74. The Labute approximate surface area is 182 Å². The Bertz CT molecular complexity index is 1470. The second-order valence-electron chi connectivity index (χ2n) is 7.34. The van der Waals surface area contributed by atoms with Crippen LogP contribution >= 0.6 is 11.6 Å². The van der Waals surface area contributed by atoms with Crippen LogP contribution in [0.3, 0.4) is 0 Å². The molecular formula is C25H17ClN2O3. The third-order valence-corrected chi connectivity index (χ3v) is 5.58. The smallest absolute Gasteiger partial charge is 0.336 e. The van der Waals surface area contributed by atoms with E-state index >= 15 is 0 Å². The fraction of sp³-hybridized carbons (Fsp3) is 0.0400. The summed E-state index contributed by atoms with van der Waals surface area (Å²) in [6.07, 6.45) is 0. The van der Waals surface area contributed by atoms with Crippen LogP contribution in [0, 0.1) is 6.92 Å². The number of ether oxygens (including phenoxy) is 1. The molecule has 5 rings (SSSR count). The molecule has 0 unspecified atom stereocenters. The molecule has 5 nitrogen and oxygen atoms in total. The number of benzene rings is 4. The number of aromatic amines is 1. The van der Waals surface area contributed by atoms with Gasteiger partial charge in [-0.1, -0.05) is 54.1 Å². The predicted molar refractivity (Wildman–Crippen MR) is 122 cm³/mol. The average molecular weight is 429 g/mol. The van der Waals surface area contributed by atoms with Crippen LogP contribution in [0.15, 0.2) is 72.8 Å². The Hall–Kier alpha value is -3.83. The maximum absolute atomic E-state index is 11.4. The Balaban J connectivity index is 1.52. The van der Waals surface area contributed by atoms with Crippen LogP contribution in [0.25, 0.3) is 32.9 Å². The van der Waals surface area contributed by atoms with Crippen LogP contribution in [0.4, 0.5) is 0 Å². The number of hydrogen-bond donors (Lipinski definition) is 2. The number of H-pyrrole nitrogens is 1. The molecule has 5 aromatic rings. The molecule has 2 N–H and O–H groups in total. The largest absolute Gasteiger partial charge is 0.478 e. The van der Waals surface area contributed by atoms with Gasteiger partial charge in [0.2, 0.25) is 0 Å². The zero-order valence-electron chi connectivity index (χ0n) is 16.5. The lowest BCUT2D eigenvalue weighted by Gasteiger charge is -2.06. The lowest BCUT2D eigenvalue weighted by Crippen LogP contribution is -2.00. The van der Waals surface area contributed by atoms with Crippen LogP contribution in [0.2, 0.25) is 5.02 Å². The van der Waals surface area contributed by atoms with E-state index in [4.69, 9.17) is 16.3 Å². The number of rotatable bonds is 4. The van der Waals surface area contributed by atoms with E-state index in [-0.39, 0.29) is 11.6 Å². The quantitative estimate of drug-likeness (QED) is 0.328. The van der Waals surface area contributed by atoms with Crippen molar-refractivity contribution in [2.24, 2.45) is 0 Å². The number of aromatic nitrogens is 2. The van der Waals surface area contributed by atoms with E-state index in [2.05, 4.69) is 34.2 Å². The van der Waals surface area contributed by atoms with Gasteiger partial charge in [-0.3, -0.25) is 0 Å². The highest BCUT2D eigenvalue weighted by Crippen LogP contribution is 2.34. The third-order valence-electron chi connectivity index (χ3n) is 5.26. The SMILES string of the molecule is Cc1ccc(Oc2nc3cc(-c4ccc5ccccc5c4)c(Cl)cc3[nH]2)cc1C(=O)O. The molecule has 0 amide bonds. The molecule has 31 heavy (non-hydrogen) atoms. The van der Waals surface area contributed by atoms with Crippen LogP contribution in [0.1, 0.15) is 15.9 Å². The van der Waals surface area contributed by atoms with Crippen molar-refractivity contribution in [3.05, 3.63) is 88.9 Å². The van der Waals surface area contributed by atoms with Gasteiger partial charge in [-0.15, -0.1) is 0 Å². The van der Waals surface area contributed by atoms with E-state index in [1.807, 2.05) is 30.3 Å². The van der Waals surface area contributed by atoms with Gasteiger partial charge in [0.25, 0.3) is 6.01 Å². The number of carboxylic acids is 1. The first-order chi connectivity index (χ1) is 15.0. The van der Waals surface area contributed by atoms with Gasteiger partial charge >= 0.3 is 5.97 Å². The molecule has 0 aliphatic carbocycles. The number of aryl methyl sites for hydroxylation is 1. The number of aromatic carboxylic acids is 1. The first kappa shape index (κ1) is 19.2. The number of fused-ring (bicyclic) bond motifs is 2. The summed E-state index contributed by atoms with van der Waals surface area (Å²) < 4.78 is 5.78. The lowest BCUT2D eigenvalue weighted by atomic mass is 10.0. The highest BCUT2D eigenvalue weighted by Gasteiger charge is 2.13. The summed E-state index contributed by atoms with van der Waals surface area (Å²) >= 11 is 6.58. The minimum Gasteiger partial charge on any atom is -0.478 e. The molecule has 0 aliphatic heterocycles. The second kappa shape index (κ2) is 7.45. The molecule has 0 saturated carbocycles. The topological polar surface area (TPSA) is 75.2 Å². The zero-order chi connectivity index (χ0) is 21.5. The third kappa shape index (κ3) is 3.60. The van der Waals surface area contributed by atoms with E-state index < -0.39 is 5.97 Å². The van der Waals surface area contributed by atoms with Gasteiger partial charge in [-0.05, 0) is 59.2 Å². The summed E-state index contributed by atoms with van der Waals surface area (Å²) in [6, 6.07) is 23.3. The van der Waals surface area contributed by atoms with Crippen molar-refractivity contribution in [1.82, 2.24) is 9.97 Å². The number of imidazole rings is 1. The highest BCUT2D eigenvalue weighted by atomic mass is 35.5. The number of hydrogen-bond acceptors (Lipinski definition) is 3. The monoisotopic (exact) mass is 428 g/mol. The van der Waals surface area contributed by atoms with Gasteiger partial charge < -0.3 is 14.8 Å². The van der Waals surface area contributed by atoms with Crippen molar-refractivity contribution in [3.8, 4) is 22.9 Å². The Morgan fingerprint density at radius 2 is 1.81 bits per heavy atom. The summed E-state index contributed by atoms with van der Waals surface area (Å²) in [5.74, 6) is -0.609. The summed E-state index contributed by atoms with van der Waals surface area (Å²) in [7, 11) is 0. The van der Waals surface area contributed by atoms with Crippen molar-refractivity contribution >= 4 is 39.4 Å². The van der Waals surface area contributed by atoms with Gasteiger partial charge in [0.05, 0.1) is 21.6 Å². The molecule has 0 radical (unpaired) electrons. The van der Waals surface area contributed by atoms with Crippen molar-refractivity contribution < 1.29 is 14.6 Å². The van der Waals surface area contributed by atoms with Crippen molar-refractivity contribution in [1.29, 1.82) is 0 Å². The summed E-state index contributed by atoms with van der Waals surface area (Å²) in [5, 5.41) is 12.2. The molecular weight excluding hydrogens is 412 g/mol.